The standard InChI is InChI=1S/C22H21N/c1-4-10-17(11-5-1)20-16-23-22(19-14-8-3-9-15-19)21(20)18-12-6-2-7-13-18/h1-15,20-23H,16H2/t20-,21-,22+/m0/s1. The first-order valence-corrected chi connectivity index (χ1v) is 8.32. The van der Waals surface area contributed by atoms with Crippen LogP contribution in [0.1, 0.15) is 34.6 Å². The fraction of sp³-hybridized carbons (Fsp3) is 0.182. The van der Waals surface area contributed by atoms with E-state index in [1.165, 1.54) is 16.7 Å². The Morgan fingerprint density at radius 3 is 1.61 bits per heavy atom. The number of hydrogen-bond acceptors (Lipinski definition) is 1. The number of nitrogens with one attached hydrogen (secondary N) is 1. The van der Waals surface area contributed by atoms with Crippen LogP contribution in [0, 0.1) is 0 Å². The zero-order valence-corrected chi connectivity index (χ0v) is 13.1. The van der Waals surface area contributed by atoms with Crippen LogP contribution >= 0.6 is 0 Å². The van der Waals surface area contributed by atoms with Gasteiger partial charge in [-0.3, -0.25) is 0 Å². The average Bonchev–Trinajstić information content (AvgIpc) is 3.09. The normalized spacial score (nSPS) is 23.7. The monoisotopic (exact) mass is 299 g/mol. The molecule has 1 saturated heterocycles. The Labute approximate surface area is 138 Å². The number of rotatable bonds is 3. The second kappa shape index (κ2) is 6.39. The third kappa shape index (κ3) is 2.80. The SMILES string of the molecule is c1ccc([C@@H]2[C@@H](c3ccccc3)NC[C@H]2c2ccccc2)cc1. The Bertz CT molecular complexity index is 689. The summed E-state index contributed by atoms with van der Waals surface area (Å²) in [5.74, 6) is 0.963. The molecule has 1 fully saturated rings. The van der Waals surface area contributed by atoms with Crippen molar-refractivity contribution in [1.82, 2.24) is 5.32 Å². The van der Waals surface area contributed by atoms with Crippen LogP contribution in [0.4, 0.5) is 0 Å². The van der Waals surface area contributed by atoms with Crippen molar-refractivity contribution in [2.75, 3.05) is 6.54 Å². The number of benzene rings is 3. The minimum atomic E-state index is 0.365. The first-order chi connectivity index (χ1) is 11.4. The molecule has 0 aromatic heterocycles. The second-order valence-corrected chi connectivity index (χ2v) is 6.25. The molecule has 0 spiro atoms. The van der Waals surface area contributed by atoms with Gasteiger partial charge < -0.3 is 5.32 Å². The molecule has 3 aromatic rings. The summed E-state index contributed by atoms with van der Waals surface area (Å²) in [5.41, 5.74) is 4.22. The van der Waals surface area contributed by atoms with Gasteiger partial charge in [0.25, 0.3) is 0 Å². The molecule has 0 bridgehead atoms. The van der Waals surface area contributed by atoms with Gasteiger partial charge in [-0.1, -0.05) is 91.0 Å². The zero-order chi connectivity index (χ0) is 15.5. The van der Waals surface area contributed by atoms with Crippen molar-refractivity contribution in [3.05, 3.63) is 108 Å². The van der Waals surface area contributed by atoms with E-state index in [0.29, 0.717) is 17.9 Å². The van der Waals surface area contributed by atoms with Crippen LogP contribution in [-0.2, 0) is 0 Å². The lowest BCUT2D eigenvalue weighted by Crippen LogP contribution is -2.17. The lowest BCUT2D eigenvalue weighted by Gasteiger charge is -2.25. The van der Waals surface area contributed by atoms with Gasteiger partial charge in [0.1, 0.15) is 0 Å². The van der Waals surface area contributed by atoms with E-state index in [4.69, 9.17) is 0 Å². The summed E-state index contributed by atoms with van der Waals surface area (Å²) in [7, 11) is 0. The van der Waals surface area contributed by atoms with E-state index in [9.17, 15) is 0 Å². The predicted molar refractivity (Wildman–Crippen MR) is 95.6 cm³/mol. The van der Waals surface area contributed by atoms with Gasteiger partial charge in [-0.2, -0.15) is 0 Å². The fourth-order valence-electron chi connectivity index (χ4n) is 3.85. The van der Waals surface area contributed by atoms with Crippen molar-refractivity contribution < 1.29 is 0 Å². The molecule has 0 aliphatic carbocycles. The highest BCUT2D eigenvalue weighted by Gasteiger charge is 2.38. The van der Waals surface area contributed by atoms with Crippen LogP contribution in [0.3, 0.4) is 0 Å². The van der Waals surface area contributed by atoms with Gasteiger partial charge in [0, 0.05) is 24.4 Å². The molecule has 4 rings (SSSR count). The summed E-state index contributed by atoms with van der Waals surface area (Å²) in [6.07, 6.45) is 0. The molecular weight excluding hydrogens is 278 g/mol. The molecule has 1 heterocycles. The highest BCUT2D eigenvalue weighted by atomic mass is 15.0. The van der Waals surface area contributed by atoms with E-state index in [-0.39, 0.29) is 0 Å². The smallest absolute Gasteiger partial charge is 0.0396 e. The Balaban J connectivity index is 1.77. The predicted octanol–water partition coefficient (Wildman–Crippen LogP) is 4.90. The van der Waals surface area contributed by atoms with E-state index in [1.807, 2.05) is 0 Å². The van der Waals surface area contributed by atoms with Gasteiger partial charge in [0.15, 0.2) is 0 Å². The Hall–Kier alpha value is -2.38. The lowest BCUT2D eigenvalue weighted by molar-refractivity contribution is 0.553. The molecule has 0 radical (unpaired) electrons. The van der Waals surface area contributed by atoms with Gasteiger partial charge in [0.05, 0.1) is 0 Å². The zero-order valence-electron chi connectivity index (χ0n) is 13.1. The lowest BCUT2D eigenvalue weighted by atomic mass is 9.78. The van der Waals surface area contributed by atoms with Crippen molar-refractivity contribution in [1.29, 1.82) is 0 Å². The summed E-state index contributed by atoms with van der Waals surface area (Å²) < 4.78 is 0. The summed E-state index contributed by atoms with van der Waals surface area (Å²) in [5, 5.41) is 3.77. The van der Waals surface area contributed by atoms with E-state index in [2.05, 4.69) is 96.3 Å². The molecular formula is C22H21N. The van der Waals surface area contributed by atoms with Crippen LogP contribution in [0.15, 0.2) is 91.0 Å². The molecule has 3 atom stereocenters. The maximum atomic E-state index is 3.77. The van der Waals surface area contributed by atoms with E-state index < -0.39 is 0 Å². The summed E-state index contributed by atoms with van der Waals surface area (Å²) in [6.45, 7) is 1.02. The molecule has 1 N–H and O–H groups in total. The largest absolute Gasteiger partial charge is 0.309 e. The van der Waals surface area contributed by atoms with Crippen molar-refractivity contribution in [3.8, 4) is 0 Å². The van der Waals surface area contributed by atoms with E-state index in [1.54, 1.807) is 0 Å². The molecule has 114 valence electrons. The van der Waals surface area contributed by atoms with Crippen molar-refractivity contribution in [2.45, 2.75) is 17.9 Å². The first-order valence-electron chi connectivity index (χ1n) is 8.32. The molecule has 1 heteroatoms. The highest BCUT2D eigenvalue weighted by molar-refractivity contribution is 5.36. The molecule has 1 aliphatic heterocycles. The summed E-state index contributed by atoms with van der Waals surface area (Å²) >= 11 is 0. The highest BCUT2D eigenvalue weighted by Crippen LogP contribution is 2.46. The molecule has 1 nitrogen and oxygen atoms in total. The fourth-order valence-corrected chi connectivity index (χ4v) is 3.85. The Morgan fingerprint density at radius 1 is 0.565 bits per heavy atom. The topological polar surface area (TPSA) is 12.0 Å². The van der Waals surface area contributed by atoms with Crippen molar-refractivity contribution in [2.24, 2.45) is 0 Å². The van der Waals surface area contributed by atoms with Gasteiger partial charge in [-0.05, 0) is 16.7 Å². The van der Waals surface area contributed by atoms with Gasteiger partial charge >= 0.3 is 0 Å². The Kier molecular flexibility index (Phi) is 3.95. The van der Waals surface area contributed by atoms with Gasteiger partial charge in [-0.25, -0.2) is 0 Å². The third-order valence-corrected chi connectivity index (χ3v) is 4.92. The van der Waals surface area contributed by atoms with Gasteiger partial charge in [-0.15, -0.1) is 0 Å². The molecule has 0 unspecified atom stereocenters. The van der Waals surface area contributed by atoms with E-state index in [0.717, 1.165) is 6.54 Å². The molecule has 0 saturated carbocycles. The minimum Gasteiger partial charge on any atom is -0.309 e. The van der Waals surface area contributed by atoms with Crippen LogP contribution in [0.25, 0.3) is 0 Å². The second-order valence-electron chi connectivity index (χ2n) is 6.25. The van der Waals surface area contributed by atoms with Crippen molar-refractivity contribution in [3.63, 3.8) is 0 Å². The third-order valence-electron chi connectivity index (χ3n) is 4.92. The van der Waals surface area contributed by atoms with Gasteiger partial charge in [0.2, 0.25) is 0 Å². The maximum Gasteiger partial charge on any atom is 0.0396 e. The van der Waals surface area contributed by atoms with Crippen LogP contribution in [0.5, 0.6) is 0 Å². The van der Waals surface area contributed by atoms with Crippen LogP contribution in [0.2, 0.25) is 0 Å². The maximum absolute atomic E-state index is 3.77. The molecule has 23 heavy (non-hydrogen) atoms. The minimum absolute atomic E-state index is 0.365. The van der Waals surface area contributed by atoms with E-state index >= 15 is 0 Å². The van der Waals surface area contributed by atoms with Crippen LogP contribution < -0.4 is 5.32 Å². The summed E-state index contributed by atoms with van der Waals surface area (Å²) in [6, 6.07) is 33.0. The molecule has 1 aliphatic rings. The molecule has 3 aromatic carbocycles. The summed E-state index contributed by atoms with van der Waals surface area (Å²) in [4.78, 5) is 0. The Morgan fingerprint density at radius 2 is 1.04 bits per heavy atom. The quantitative estimate of drug-likeness (QED) is 0.725. The number of hydrogen-bond donors (Lipinski definition) is 1. The molecule has 0 amide bonds. The first kappa shape index (κ1) is 14.2. The average molecular weight is 299 g/mol. The van der Waals surface area contributed by atoms with Crippen LogP contribution in [-0.4, -0.2) is 6.54 Å². The van der Waals surface area contributed by atoms with Crippen molar-refractivity contribution >= 4 is 0 Å².